The molecule has 1 unspecified atom stereocenters. The van der Waals surface area contributed by atoms with Crippen molar-refractivity contribution in [1.29, 1.82) is 0 Å². The van der Waals surface area contributed by atoms with Gasteiger partial charge in [0.25, 0.3) is 0 Å². The van der Waals surface area contributed by atoms with Crippen LogP contribution in [0.3, 0.4) is 0 Å². The number of nitrogens with one attached hydrogen (secondary N) is 1. The Morgan fingerprint density at radius 3 is 2.62 bits per heavy atom. The molecule has 110 valence electrons. The minimum absolute atomic E-state index is 0.346. The second-order valence-corrected chi connectivity index (χ2v) is 5.91. The molecule has 0 heterocycles. The van der Waals surface area contributed by atoms with Crippen molar-refractivity contribution in [3.63, 3.8) is 0 Å². The average molecular weight is 302 g/mol. The molecule has 1 aliphatic carbocycles. The quantitative estimate of drug-likeness (QED) is 0.781. The number of ether oxygens (including phenoxy) is 1. The third kappa shape index (κ3) is 3.70. The van der Waals surface area contributed by atoms with Crippen LogP contribution in [0, 0.1) is 5.92 Å². The zero-order valence-electron chi connectivity index (χ0n) is 12.2. The Bertz CT molecular complexity index is 592. The van der Waals surface area contributed by atoms with Gasteiger partial charge in [0.05, 0.1) is 12.6 Å². The van der Waals surface area contributed by atoms with Gasteiger partial charge in [-0.25, -0.2) is 0 Å². The topological polar surface area (TPSA) is 21.3 Å². The molecule has 2 aromatic carbocycles. The zero-order chi connectivity index (χ0) is 14.7. The van der Waals surface area contributed by atoms with Crippen molar-refractivity contribution in [3.05, 3.63) is 59.1 Å². The fourth-order valence-corrected chi connectivity index (χ4v) is 2.72. The number of rotatable bonds is 6. The Morgan fingerprint density at radius 1 is 1.19 bits per heavy atom. The van der Waals surface area contributed by atoms with E-state index < -0.39 is 0 Å². The van der Waals surface area contributed by atoms with E-state index in [-0.39, 0.29) is 0 Å². The normalized spacial score (nSPS) is 15.5. The molecule has 21 heavy (non-hydrogen) atoms. The van der Waals surface area contributed by atoms with Crippen molar-refractivity contribution in [3.8, 4) is 5.75 Å². The van der Waals surface area contributed by atoms with Crippen LogP contribution in [0.15, 0.2) is 48.5 Å². The van der Waals surface area contributed by atoms with Gasteiger partial charge in [0.2, 0.25) is 0 Å². The van der Waals surface area contributed by atoms with Gasteiger partial charge in [-0.15, -0.1) is 0 Å². The third-order valence-electron chi connectivity index (χ3n) is 3.79. The lowest BCUT2D eigenvalue weighted by Crippen LogP contribution is -2.12. The van der Waals surface area contributed by atoms with Gasteiger partial charge in [-0.1, -0.05) is 29.8 Å². The predicted molar refractivity (Wildman–Crippen MR) is 88.2 cm³/mol. The largest absolute Gasteiger partial charge is 0.494 e. The van der Waals surface area contributed by atoms with Crippen LogP contribution in [0.2, 0.25) is 5.02 Å². The minimum atomic E-state index is 0.346. The van der Waals surface area contributed by atoms with Crippen LogP contribution in [0.25, 0.3) is 0 Å². The summed E-state index contributed by atoms with van der Waals surface area (Å²) < 4.78 is 5.57. The van der Waals surface area contributed by atoms with Crippen LogP contribution >= 0.6 is 11.6 Å². The van der Waals surface area contributed by atoms with E-state index >= 15 is 0 Å². The Balaban J connectivity index is 1.79. The van der Waals surface area contributed by atoms with E-state index in [1.54, 1.807) is 0 Å². The SMILES string of the molecule is CCOc1cccc(NC(c2ccc(Cl)cc2)C2CC2)c1. The molecule has 0 radical (unpaired) electrons. The summed E-state index contributed by atoms with van der Waals surface area (Å²) in [6, 6.07) is 16.7. The first kappa shape index (κ1) is 14.3. The summed E-state index contributed by atoms with van der Waals surface area (Å²) in [5.74, 6) is 1.62. The van der Waals surface area contributed by atoms with Crippen LogP contribution in [0.4, 0.5) is 5.69 Å². The maximum Gasteiger partial charge on any atom is 0.121 e. The first-order valence-corrected chi connectivity index (χ1v) is 7.89. The summed E-state index contributed by atoms with van der Waals surface area (Å²) in [6.45, 7) is 2.69. The van der Waals surface area contributed by atoms with Gasteiger partial charge in [-0.3, -0.25) is 0 Å². The maximum atomic E-state index is 5.99. The van der Waals surface area contributed by atoms with Crippen LogP contribution in [0.1, 0.15) is 31.4 Å². The maximum absolute atomic E-state index is 5.99. The Kier molecular flexibility index (Phi) is 4.35. The third-order valence-corrected chi connectivity index (χ3v) is 4.04. The van der Waals surface area contributed by atoms with E-state index in [0.29, 0.717) is 18.6 Å². The summed E-state index contributed by atoms with van der Waals surface area (Å²) in [6.07, 6.45) is 2.57. The van der Waals surface area contributed by atoms with E-state index in [2.05, 4.69) is 29.6 Å². The van der Waals surface area contributed by atoms with Crippen LogP contribution in [-0.2, 0) is 0 Å². The lowest BCUT2D eigenvalue weighted by atomic mass is 10.0. The fraction of sp³-hybridized carbons (Fsp3) is 0.333. The highest BCUT2D eigenvalue weighted by atomic mass is 35.5. The van der Waals surface area contributed by atoms with E-state index in [4.69, 9.17) is 16.3 Å². The number of anilines is 1. The van der Waals surface area contributed by atoms with Crippen molar-refractivity contribution >= 4 is 17.3 Å². The van der Waals surface area contributed by atoms with Gasteiger partial charge in [0.1, 0.15) is 5.75 Å². The summed E-state index contributed by atoms with van der Waals surface area (Å²) in [4.78, 5) is 0. The highest BCUT2D eigenvalue weighted by Crippen LogP contribution is 2.43. The average Bonchev–Trinajstić information content (AvgIpc) is 3.31. The lowest BCUT2D eigenvalue weighted by molar-refractivity contribution is 0.340. The second kappa shape index (κ2) is 6.40. The number of hydrogen-bond acceptors (Lipinski definition) is 2. The first-order chi connectivity index (χ1) is 10.3. The molecular weight excluding hydrogens is 282 g/mol. The molecule has 0 saturated heterocycles. The molecule has 2 aromatic rings. The molecule has 0 aromatic heterocycles. The van der Waals surface area contributed by atoms with Gasteiger partial charge < -0.3 is 10.1 Å². The van der Waals surface area contributed by atoms with E-state index in [1.165, 1.54) is 18.4 Å². The number of benzene rings is 2. The Morgan fingerprint density at radius 2 is 1.95 bits per heavy atom. The monoisotopic (exact) mass is 301 g/mol. The summed E-state index contributed by atoms with van der Waals surface area (Å²) in [5, 5.41) is 4.44. The van der Waals surface area contributed by atoms with Gasteiger partial charge in [-0.05, 0) is 55.5 Å². The van der Waals surface area contributed by atoms with Crippen LogP contribution < -0.4 is 10.1 Å². The Hall–Kier alpha value is -1.67. The van der Waals surface area contributed by atoms with E-state index in [1.807, 2.05) is 31.2 Å². The fourth-order valence-electron chi connectivity index (χ4n) is 2.59. The first-order valence-electron chi connectivity index (χ1n) is 7.51. The molecule has 1 fully saturated rings. The molecule has 3 heteroatoms. The predicted octanol–water partition coefficient (Wildman–Crippen LogP) is 5.30. The zero-order valence-corrected chi connectivity index (χ0v) is 12.9. The van der Waals surface area contributed by atoms with Crippen molar-refractivity contribution in [2.75, 3.05) is 11.9 Å². The lowest BCUT2D eigenvalue weighted by Gasteiger charge is -2.20. The molecule has 1 saturated carbocycles. The molecule has 3 rings (SSSR count). The molecule has 1 N–H and O–H groups in total. The van der Waals surface area contributed by atoms with Crippen LogP contribution in [0.5, 0.6) is 5.75 Å². The molecule has 0 bridgehead atoms. The van der Waals surface area contributed by atoms with Gasteiger partial charge in [-0.2, -0.15) is 0 Å². The Labute approximate surface area is 131 Å². The number of hydrogen-bond donors (Lipinski definition) is 1. The van der Waals surface area contributed by atoms with Gasteiger partial charge in [0, 0.05) is 16.8 Å². The minimum Gasteiger partial charge on any atom is -0.494 e. The molecular formula is C18H20ClNO. The standard InChI is InChI=1S/C18H20ClNO/c1-2-21-17-5-3-4-16(12-17)20-18(13-6-7-13)14-8-10-15(19)11-9-14/h3-5,8-13,18,20H,2,6-7H2,1H3. The number of halogens is 1. The summed E-state index contributed by atoms with van der Waals surface area (Å²) in [5.41, 5.74) is 2.40. The highest BCUT2D eigenvalue weighted by Gasteiger charge is 2.32. The molecule has 0 aliphatic heterocycles. The smallest absolute Gasteiger partial charge is 0.121 e. The van der Waals surface area contributed by atoms with Crippen molar-refractivity contribution < 1.29 is 4.74 Å². The molecule has 0 spiro atoms. The van der Waals surface area contributed by atoms with Crippen molar-refractivity contribution in [1.82, 2.24) is 0 Å². The van der Waals surface area contributed by atoms with E-state index in [0.717, 1.165) is 16.5 Å². The second-order valence-electron chi connectivity index (χ2n) is 5.47. The highest BCUT2D eigenvalue weighted by molar-refractivity contribution is 6.30. The summed E-state index contributed by atoms with van der Waals surface area (Å²) in [7, 11) is 0. The van der Waals surface area contributed by atoms with Crippen LogP contribution in [-0.4, -0.2) is 6.61 Å². The molecule has 1 atom stereocenters. The van der Waals surface area contributed by atoms with Gasteiger partial charge in [0.15, 0.2) is 0 Å². The van der Waals surface area contributed by atoms with Crippen molar-refractivity contribution in [2.24, 2.45) is 5.92 Å². The molecule has 1 aliphatic rings. The van der Waals surface area contributed by atoms with Crippen molar-refractivity contribution in [2.45, 2.75) is 25.8 Å². The van der Waals surface area contributed by atoms with E-state index in [9.17, 15) is 0 Å². The molecule has 0 amide bonds. The summed E-state index contributed by atoms with van der Waals surface area (Å²) >= 11 is 5.99. The van der Waals surface area contributed by atoms with Gasteiger partial charge >= 0.3 is 0 Å². The molecule has 2 nitrogen and oxygen atoms in total.